The summed E-state index contributed by atoms with van der Waals surface area (Å²) < 4.78 is 11.7. The van der Waals surface area contributed by atoms with Gasteiger partial charge in [0.05, 0.1) is 23.9 Å². The molecule has 0 radical (unpaired) electrons. The van der Waals surface area contributed by atoms with Crippen molar-refractivity contribution in [1.29, 1.82) is 0 Å². The molecule has 0 saturated carbocycles. The third-order valence-corrected chi connectivity index (χ3v) is 6.29. The minimum Gasteiger partial charge on any atom is -0.507 e. The van der Waals surface area contributed by atoms with Crippen molar-refractivity contribution >= 4 is 51.1 Å². The average molecular weight is 481 g/mol. The van der Waals surface area contributed by atoms with Gasteiger partial charge in [0, 0.05) is 10.1 Å². The van der Waals surface area contributed by atoms with Gasteiger partial charge in [-0.25, -0.2) is 10.2 Å². The predicted molar refractivity (Wildman–Crippen MR) is 128 cm³/mol. The molecule has 0 spiro atoms. The van der Waals surface area contributed by atoms with Crippen molar-refractivity contribution in [3.05, 3.63) is 87.8 Å². The smallest absolute Gasteiger partial charge is 0.355 e. The lowest BCUT2D eigenvalue weighted by Crippen LogP contribution is -2.17. The number of hydrazone groups is 1. The van der Waals surface area contributed by atoms with E-state index in [2.05, 4.69) is 10.5 Å². The molecule has 9 heteroatoms. The molecule has 166 valence electrons. The zero-order valence-corrected chi connectivity index (χ0v) is 18.8. The molecule has 1 amide bonds. The molecule has 0 atom stereocenters. The minimum atomic E-state index is -0.587. The van der Waals surface area contributed by atoms with E-state index < -0.39 is 11.9 Å². The van der Waals surface area contributed by atoms with Gasteiger partial charge in [-0.3, -0.25) is 4.79 Å². The van der Waals surface area contributed by atoms with Crippen LogP contribution in [0, 0.1) is 0 Å². The number of nitrogens with one attached hydrogen (secondary N) is 1. The van der Waals surface area contributed by atoms with Crippen LogP contribution < -0.4 is 14.9 Å². The van der Waals surface area contributed by atoms with Crippen molar-refractivity contribution in [2.24, 2.45) is 5.10 Å². The number of fused-ring (bicyclic) bond motifs is 1. The Kier molecular flexibility index (Phi) is 6.58. The lowest BCUT2D eigenvalue weighted by molar-refractivity contribution is 0.0734. The lowest BCUT2D eigenvalue weighted by atomic mass is 10.2. The van der Waals surface area contributed by atoms with Crippen LogP contribution in [0.1, 0.15) is 25.6 Å². The highest BCUT2D eigenvalue weighted by Crippen LogP contribution is 2.37. The van der Waals surface area contributed by atoms with Gasteiger partial charge in [0.1, 0.15) is 10.6 Å². The van der Waals surface area contributed by atoms with Crippen molar-refractivity contribution in [1.82, 2.24) is 5.43 Å². The van der Waals surface area contributed by atoms with Crippen LogP contribution >= 0.6 is 22.9 Å². The molecule has 1 heterocycles. The second kappa shape index (κ2) is 9.72. The average Bonchev–Trinajstić information content (AvgIpc) is 3.17. The number of thiophene rings is 1. The first-order valence-electron chi connectivity index (χ1n) is 9.66. The fraction of sp³-hybridized carbons (Fsp3) is 0.0417. The Labute approximate surface area is 197 Å². The number of phenolic OH excluding ortho intramolecular Hbond substituents is 1. The van der Waals surface area contributed by atoms with Gasteiger partial charge in [0.25, 0.3) is 5.91 Å². The Morgan fingerprint density at radius 3 is 2.58 bits per heavy atom. The fourth-order valence-corrected chi connectivity index (χ4v) is 4.42. The van der Waals surface area contributed by atoms with Crippen LogP contribution in [-0.2, 0) is 0 Å². The molecule has 0 bridgehead atoms. The molecule has 33 heavy (non-hydrogen) atoms. The topological polar surface area (TPSA) is 97.2 Å². The Hall–Kier alpha value is -3.88. The number of carbonyl (C=O) groups is 2. The van der Waals surface area contributed by atoms with Crippen molar-refractivity contribution < 1.29 is 24.2 Å². The van der Waals surface area contributed by atoms with E-state index in [0.717, 1.165) is 10.1 Å². The van der Waals surface area contributed by atoms with E-state index in [1.165, 1.54) is 36.8 Å². The molecule has 0 aliphatic carbocycles. The standard InChI is InChI=1S/C24H17ClN2O5S/c1-31-19-12-14(13-26-27-23(29)15-6-2-4-8-17(15)28)10-11-18(19)32-24(30)22-21(25)16-7-3-5-9-20(16)33-22/h2-13,28H,1H3,(H,27,29). The molecular formula is C24H17ClN2O5S. The summed E-state index contributed by atoms with van der Waals surface area (Å²) in [5.74, 6) is -0.766. The Bertz CT molecular complexity index is 1380. The van der Waals surface area contributed by atoms with E-state index in [1.54, 1.807) is 30.3 Å². The number of nitrogens with zero attached hydrogens (tertiary/aromatic N) is 1. The minimum absolute atomic E-state index is 0.106. The second-order valence-corrected chi connectivity index (χ2v) is 8.19. The Morgan fingerprint density at radius 1 is 1.06 bits per heavy atom. The van der Waals surface area contributed by atoms with E-state index in [9.17, 15) is 14.7 Å². The van der Waals surface area contributed by atoms with Gasteiger partial charge < -0.3 is 14.6 Å². The van der Waals surface area contributed by atoms with E-state index in [1.807, 2.05) is 24.3 Å². The van der Waals surface area contributed by atoms with Crippen LogP contribution in [0.5, 0.6) is 17.2 Å². The van der Waals surface area contributed by atoms with E-state index in [0.29, 0.717) is 21.2 Å². The van der Waals surface area contributed by atoms with Crippen molar-refractivity contribution in [3.63, 3.8) is 0 Å². The molecular weight excluding hydrogens is 464 g/mol. The molecule has 2 N–H and O–H groups in total. The molecule has 0 unspecified atom stereocenters. The van der Waals surface area contributed by atoms with Crippen LogP contribution in [0.15, 0.2) is 71.8 Å². The normalized spacial score (nSPS) is 11.0. The maximum atomic E-state index is 12.7. The van der Waals surface area contributed by atoms with Gasteiger partial charge in [-0.05, 0) is 42.0 Å². The summed E-state index contributed by atoms with van der Waals surface area (Å²) in [6.45, 7) is 0. The number of methoxy groups -OCH3 is 1. The summed E-state index contributed by atoms with van der Waals surface area (Å²) in [5.41, 5.74) is 3.04. The van der Waals surface area contributed by atoms with Crippen molar-refractivity contribution in [2.45, 2.75) is 0 Å². The highest BCUT2D eigenvalue weighted by Gasteiger charge is 2.20. The first kappa shape index (κ1) is 22.3. The molecule has 7 nitrogen and oxygen atoms in total. The Balaban J connectivity index is 1.48. The zero-order chi connectivity index (χ0) is 23.4. The highest BCUT2D eigenvalue weighted by molar-refractivity contribution is 7.21. The SMILES string of the molecule is COc1cc(C=NNC(=O)c2ccccc2O)ccc1OC(=O)c1sc2ccccc2c1Cl. The van der Waals surface area contributed by atoms with Gasteiger partial charge in [-0.15, -0.1) is 11.3 Å². The quantitative estimate of drug-likeness (QED) is 0.170. The number of amides is 1. The maximum Gasteiger partial charge on any atom is 0.355 e. The summed E-state index contributed by atoms with van der Waals surface area (Å²) in [5, 5.41) is 14.8. The third kappa shape index (κ3) is 4.82. The number of para-hydroxylation sites is 1. The van der Waals surface area contributed by atoms with Crippen LogP contribution in [0.25, 0.3) is 10.1 Å². The highest BCUT2D eigenvalue weighted by atomic mass is 35.5. The number of hydrogen-bond donors (Lipinski definition) is 2. The molecule has 0 aliphatic heterocycles. The van der Waals surface area contributed by atoms with Gasteiger partial charge in [0.2, 0.25) is 0 Å². The monoisotopic (exact) mass is 480 g/mol. The largest absolute Gasteiger partial charge is 0.507 e. The van der Waals surface area contributed by atoms with Crippen molar-refractivity contribution in [2.75, 3.05) is 7.11 Å². The van der Waals surface area contributed by atoms with Gasteiger partial charge in [-0.2, -0.15) is 5.10 Å². The summed E-state index contributed by atoms with van der Waals surface area (Å²) in [6, 6.07) is 18.4. The molecule has 0 fully saturated rings. The number of benzene rings is 3. The molecule has 4 aromatic rings. The summed E-state index contributed by atoms with van der Waals surface area (Å²) >= 11 is 7.62. The number of rotatable bonds is 6. The second-order valence-electron chi connectivity index (χ2n) is 6.76. The Morgan fingerprint density at radius 2 is 1.82 bits per heavy atom. The van der Waals surface area contributed by atoms with Gasteiger partial charge >= 0.3 is 5.97 Å². The van der Waals surface area contributed by atoms with Gasteiger partial charge in [-0.1, -0.05) is 41.9 Å². The number of phenols is 1. The summed E-state index contributed by atoms with van der Waals surface area (Å²) in [7, 11) is 1.44. The van der Waals surface area contributed by atoms with Gasteiger partial charge in [0.15, 0.2) is 11.5 Å². The van der Waals surface area contributed by atoms with Crippen LogP contribution in [0.4, 0.5) is 0 Å². The number of aromatic hydroxyl groups is 1. The van der Waals surface area contributed by atoms with Crippen LogP contribution in [0.2, 0.25) is 5.02 Å². The van der Waals surface area contributed by atoms with E-state index in [4.69, 9.17) is 21.1 Å². The first-order chi connectivity index (χ1) is 16.0. The predicted octanol–water partition coefficient (Wildman–Crippen LogP) is 5.25. The van der Waals surface area contributed by atoms with Crippen molar-refractivity contribution in [3.8, 4) is 17.2 Å². The third-order valence-electron chi connectivity index (χ3n) is 4.64. The summed E-state index contributed by atoms with van der Waals surface area (Å²) in [4.78, 5) is 25.1. The van der Waals surface area contributed by atoms with E-state index in [-0.39, 0.29) is 17.1 Å². The van der Waals surface area contributed by atoms with Crippen LogP contribution in [-0.4, -0.2) is 30.3 Å². The molecule has 4 rings (SSSR count). The maximum absolute atomic E-state index is 12.7. The molecule has 0 saturated heterocycles. The number of carbonyl (C=O) groups excluding carboxylic acids is 2. The van der Waals surface area contributed by atoms with Crippen LogP contribution in [0.3, 0.4) is 0 Å². The summed E-state index contributed by atoms with van der Waals surface area (Å²) in [6.07, 6.45) is 1.40. The molecule has 1 aromatic heterocycles. The number of hydrogen-bond acceptors (Lipinski definition) is 7. The lowest BCUT2D eigenvalue weighted by Gasteiger charge is -2.09. The first-order valence-corrected chi connectivity index (χ1v) is 10.9. The number of ether oxygens (including phenoxy) is 2. The number of esters is 1. The zero-order valence-electron chi connectivity index (χ0n) is 17.2. The van der Waals surface area contributed by atoms with E-state index >= 15 is 0 Å². The fourth-order valence-electron chi connectivity index (χ4n) is 3.03. The number of halogens is 1. The molecule has 0 aliphatic rings. The molecule has 3 aromatic carbocycles.